The molecule has 168 valence electrons. The molecule has 1 heterocycles. The summed E-state index contributed by atoms with van der Waals surface area (Å²) < 4.78 is 0. The minimum absolute atomic E-state index is 0.373. The van der Waals surface area contributed by atoms with E-state index in [0.717, 1.165) is 31.5 Å². The van der Waals surface area contributed by atoms with Crippen LogP contribution < -0.4 is 4.90 Å². The summed E-state index contributed by atoms with van der Waals surface area (Å²) in [5, 5.41) is 2.64. The van der Waals surface area contributed by atoms with E-state index in [-0.39, 0.29) is 0 Å². The van der Waals surface area contributed by atoms with Crippen LogP contribution in [0.4, 0.5) is 5.69 Å². The van der Waals surface area contributed by atoms with Crippen LogP contribution in [0.25, 0.3) is 22.0 Å². The van der Waals surface area contributed by atoms with Crippen molar-refractivity contribution >= 4 is 16.5 Å². The molecule has 0 saturated carbocycles. The Morgan fingerprint density at radius 2 is 1.55 bits per heavy atom. The van der Waals surface area contributed by atoms with Gasteiger partial charge in [-0.1, -0.05) is 74.5 Å². The zero-order valence-electron chi connectivity index (χ0n) is 20.1. The van der Waals surface area contributed by atoms with Crippen molar-refractivity contribution in [1.29, 1.82) is 0 Å². The standard InChI is InChI=1S/C31H34N2/c1-4-22-13-9-14-23(5-2)31(22)28-21-20-26-27(32-28)17-11-19-30(26)33(6-3)29-18-10-15-24-12-7-8-16-25(24)29/h7-10,12-16,18,20-21,30H,4-6,11,17,19H2,1-3H3. The monoisotopic (exact) mass is 434 g/mol. The molecule has 0 bridgehead atoms. The molecule has 0 radical (unpaired) electrons. The van der Waals surface area contributed by atoms with Gasteiger partial charge in [0.05, 0.1) is 11.7 Å². The van der Waals surface area contributed by atoms with Crippen LogP contribution >= 0.6 is 0 Å². The van der Waals surface area contributed by atoms with Gasteiger partial charge in [0, 0.05) is 28.9 Å². The Balaban J connectivity index is 1.58. The second-order valence-electron chi connectivity index (χ2n) is 9.08. The first-order valence-electron chi connectivity index (χ1n) is 12.6. The van der Waals surface area contributed by atoms with Crippen molar-refractivity contribution in [3.63, 3.8) is 0 Å². The molecule has 0 fully saturated rings. The molecule has 5 rings (SSSR count). The van der Waals surface area contributed by atoms with E-state index in [2.05, 4.69) is 98.5 Å². The minimum atomic E-state index is 0.373. The Morgan fingerprint density at radius 3 is 2.30 bits per heavy atom. The molecular weight excluding hydrogens is 400 g/mol. The average molecular weight is 435 g/mol. The predicted octanol–water partition coefficient (Wildman–Crippen LogP) is 7.93. The molecule has 1 aliphatic carbocycles. The molecule has 2 nitrogen and oxygen atoms in total. The summed E-state index contributed by atoms with van der Waals surface area (Å²) in [6, 6.07) is 27.2. The summed E-state index contributed by atoms with van der Waals surface area (Å²) in [6.07, 6.45) is 5.51. The maximum absolute atomic E-state index is 5.30. The second-order valence-corrected chi connectivity index (χ2v) is 9.08. The summed E-state index contributed by atoms with van der Waals surface area (Å²) in [4.78, 5) is 7.89. The summed E-state index contributed by atoms with van der Waals surface area (Å²) in [7, 11) is 0. The SMILES string of the molecule is CCc1cccc(CC)c1-c1ccc2c(n1)CCCC2N(CC)c1cccc2ccccc12. The van der Waals surface area contributed by atoms with Gasteiger partial charge >= 0.3 is 0 Å². The molecule has 3 aromatic carbocycles. The van der Waals surface area contributed by atoms with Gasteiger partial charge in [0.1, 0.15) is 0 Å². The van der Waals surface area contributed by atoms with E-state index in [1.54, 1.807) is 0 Å². The minimum Gasteiger partial charge on any atom is -0.364 e. The van der Waals surface area contributed by atoms with E-state index in [0.29, 0.717) is 6.04 Å². The van der Waals surface area contributed by atoms with Crippen molar-refractivity contribution in [3.05, 3.63) is 95.2 Å². The van der Waals surface area contributed by atoms with Gasteiger partial charge in [-0.25, -0.2) is 0 Å². The van der Waals surface area contributed by atoms with E-state index in [9.17, 15) is 0 Å². The number of anilines is 1. The van der Waals surface area contributed by atoms with E-state index in [1.807, 2.05) is 0 Å². The topological polar surface area (TPSA) is 16.1 Å². The molecule has 4 aromatic rings. The first-order chi connectivity index (χ1) is 16.2. The van der Waals surface area contributed by atoms with Crippen LogP contribution in [0, 0.1) is 0 Å². The molecular formula is C31H34N2. The summed E-state index contributed by atoms with van der Waals surface area (Å²) in [5.74, 6) is 0. The van der Waals surface area contributed by atoms with Crippen molar-refractivity contribution in [3.8, 4) is 11.3 Å². The molecule has 0 spiro atoms. The fourth-order valence-electron chi connectivity index (χ4n) is 5.69. The third kappa shape index (κ3) is 3.93. The van der Waals surface area contributed by atoms with Gasteiger partial charge in [0.25, 0.3) is 0 Å². The number of hydrogen-bond donors (Lipinski definition) is 0. The number of pyridine rings is 1. The molecule has 33 heavy (non-hydrogen) atoms. The van der Waals surface area contributed by atoms with Crippen LogP contribution in [0.3, 0.4) is 0 Å². The quantitative estimate of drug-likeness (QED) is 0.306. The molecule has 0 saturated heterocycles. The van der Waals surface area contributed by atoms with E-state index < -0.39 is 0 Å². The third-order valence-corrected chi connectivity index (χ3v) is 7.31. The van der Waals surface area contributed by atoms with Crippen LogP contribution in [0.1, 0.15) is 62.0 Å². The van der Waals surface area contributed by atoms with Crippen molar-refractivity contribution in [2.75, 3.05) is 11.4 Å². The van der Waals surface area contributed by atoms with Crippen LogP contribution in [-0.2, 0) is 19.3 Å². The first-order valence-corrected chi connectivity index (χ1v) is 12.6. The van der Waals surface area contributed by atoms with Crippen molar-refractivity contribution in [2.45, 2.75) is 58.9 Å². The van der Waals surface area contributed by atoms with E-state index in [4.69, 9.17) is 4.98 Å². The fourth-order valence-corrected chi connectivity index (χ4v) is 5.69. The van der Waals surface area contributed by atoms with Crippen LogP contribution in [0.5, 0.6) is 0 Å². The number of fused-ring (bicyclic) bond motifs is 2. The van der Waals surface area contributed by atoms with Gasteiger partial charge in [0.15, 0.2) is 0 Å². The Kier molecular flexibility index (Phi) is 6.17. The molecule has 1 unspecified atom stereocenters. The number of rotatable bonds is 6. The lowest BCUT2D eigenvalue weighted by Gasteiger charge is -2.37. The number of hydrogen-bond acceptors (Lipinski definition) is 2. The van der Waals surface area contributed by atoms with Gasteiger partial charge < -0.3 is 4.90 Å². The van der Waals surface area contributed by atoms with Crippen molar-refractivity contribution < 1.29 is 0 Å². The smallest absolute Gasteiger partial charge is 0.0711 e. The van der Waals surface area contributed by atoms with E-state index >= 15 is 0 Å². The van der Waals surface area contributed by atoms with Gasteiger partial charge in [-0.15, -0.1) is 0 Å². The highest BCUT2D eigenvalue weighted by Crippen LogP contribution is 2.40. The molecule has 1 aliphatic rings. The summed E-state index contributed by atoms with van der Waals surface area (Å²) in [6.45, 7) is 7.76. The number of aromatic nitrogens is 1. The number of aryl methyl sites for hydroxylation is 3. The van der Waals surface area contributed by atoms with Crippen molar-refractivity contribution in [2.24, 2.45) is 0 Å². The molecule has 0 amide bonds. The van der Waals surface area contributed by atoms with Crippen LogP contribution in [-0.4, -0.2) is 11.5 Å². The lowest BCUT2D eigenvalue weighted by atomic mass is 9.87. The predicted molar refractivity (Wildman–Crippen MR) is 141 cm³/mol. The molecule has 1 aromatic heterocycles. The Labute approximate surface area is 198 Å². The number of nitrogens with zero attached hydrogens (tertiary/aromatic N) is 2. The zero-order valence-corrected chi connectivity index (χ0v) is 20.1. The normalized spacial score (nSPS) is 15.4. The Morgan fingerprint density at radius 1 is 0.818 bits per heavy atom. The highest BCUT2D eigenvalue weighted by Gasteiger charge is 2.28. The lowest BCUT2D eigenvalue weighted by molar-refractivity contribution is 0.521. The van der Waals surface area contributed by atoms with Gasteiger partial charge in [0.2, 0.25) is 0 Å². The summed E-state index contributed by atoms with van der Waals surface area (Å²) >= 11 is 0. The van der Waals surface area contributed by atoms with Crippen LogP contribution in [0.15, 0.2) is 72.8 Å². The largest absolute Gasteiger partial charge is 0.364 e. The first kappa shape index (κ1) is 21.7. The fraction of sp³-hybridized carbons (Fsp3) is 0.323. The average Bonchev–Trinajstić information content (AvgIpc) is 2.88. The van der Waals surface area contributed by atoms with Crippen molar-refractivity contribution in [1.82, 2.24) is 4.98 Å². The number of benzene rings is 3. The maximum Gasteiger partial charge on any atom is 0.0711 e. The van der Waals surface area contributed by atoms with Gasteiger partial charge in [-0.2, -0.15) is 0 Å². The highest BCUT2D eigenvalue weighted by atomic mass is 15.2. The Bertz CT molecular complexity index is 1250. The highest BCUT2D eigenvalue weighted by molar-refractivity contribution is 5.94. The molecule has 2 heteroatoms. The maximum atomic E-state index is 5.30. The summed E-state index contributed by atoms with van der Waals surface area (Å²) in [5.41, 5.74) is 9.34. The van der Waals surface area contributed by atoms with Gasteiger partial charge in [-0.05, 0) is 73.2 Å². The second kappa shape index (κ2) is 9.39. The van der Waals surface area contributed by atoms with E-state index in [1.165, 1.54) is 57.2 Å². The zero-order chi connectivity index (χ0) is 22.8. The Hall–Kier alpha value is -3.13. The van der Waals surface area contributed by atoms with Gasteiger partial charge in [-0.3, -0.25) is 4.98 Å². The molecule has 1 atom stereocenters. The van der Waals surface area contributed by atoms with Crippen LogP contribution in [0.2, 0.25) is 0 Å². The third-order valence-electron chi connectivity index (χ3n) is 7.31. The molecule has 0 N–H and O–H groups in total. The molecule has 0 aliphatic heterocycles. The lowest BCUT2D eigenvalue weighted by Crippen LogP contribution is -2.31.